The minimum atomic E-state index is -0.578. The number of aryl methyl sites for hydroxylation is 1. The molecule has 0 spiro atoms. The average Bonchev–Trinajstić information content (AvgIpc) is 2.96. The quantitative estimate of drug-likeness (QED) is 0.302. The molecule has 0 saturated heterocycles. The van der Waals surface area contributed by atoms with Crippen LogP contribution < -0.4 is 5.32 Å². The van der Waals surface area contributed by atoms with E-state index < -0.39 is 6.04 Å². The molecule has 0 aliphatic heterocycles. The molecule has 0 fully saturated rings. The topological polar surface area (TPSA) is 49.4 Å². The lowest BCUT2D eigenvalue weighted by Crippen LogP contribution is -2.50. The van der Waals surface area contributed by atoms with Gasteiger partial charge in [0.25, 0.3) is 0 Å². The van der Waals surface area contributed by atoms with Crippen molar-refractivity contribution in [2.24, 2.45) is 0 Å². The van der Waals surface area contributed by atoms with Gasteiger partial charge in [0.1, 0.15) is 6.04 Å². The molecule has 2 amide bonds. The zero-order chi connectivity index (χ0) is 25.7. The first kappa shape index (κ1) is 26.4. The Morgan fingerprint density at radius 1 is 0.757 bits per heavy atom. The molecule has 1 atom stereocenters. The molecule has 1 aliphatic rings. The Labute approximate surface area is 221 Å². The van der Waals surface area contributed by atoms with E-state index >= 15 is 0 Å². The fraction of sp³-hybridized carbons (Fsp3) is 0.333. The molecule has 1 N–H and O–H groups in total. The lowest BCUT2D eigenvalue weighted by Gasteiger charge is -2.32. The van der Waals surface area contributed by atoms with Gasteiger partial charge in [0.2, 0.25) is 11.8 Å². The number of benzene rings is 3. The highest BCUT2D eigenvalue weighted by Gasteiger charge is 2.30. The first-order valence-electron chi connectivity index (χ1n) is 13.6. The first-order chi connectivity index (χ1) is 18.2. The highest BCUT2D eigenvalue weighted by molar-refractivity contribution is 5.88. The summed E-state index contributed by atoms with van der Waals surface area (Å²) >= 11 is 0. The van der Waals surface area contributed by atoms with Crippen molar-refractivity contribution in [1.29, 1.82) is 0 Å². The Bertz CT molecular complexity index is 1140. The Hall–Kier alpha value is -3.66. The molecule has 4 rings (SSSR count). The maximum atomic E-state index is 13.7. The number of rotatable bonds is 12. The second-order valence-electron chi connectivity index (χ2n) is 9.85. The monoisotopic (exact) mass is 494 g/mol. The Morgan fingerprint density at radius 3 is 2.00 bits per heavy atom. The fourth-order valence-electron chi connectivity index (χ4n) is 4.97. The van der Waals surface area contributed by atoms with Crippen molar-refractivity contribution in [2.75, 3.05) is 6.54 Å². The summed E-state index contributed by atoms with van der Waals surface area (Å²) in [6, 6.07) is 29.5. The maximum Gasteiger partial charge on any atom is 0.243 e. The van der Waals surface area contributed by atoms with Gasteiger partial charge in [-0.1, -0.05) is 103 Å². The molecule has 192 valence electrons. The third-order valence-corrected chi connectivity index (χ3v) is 7.07. The third kappa shape index (κ3) is 8.45. The van der Waals surface area contributed by atoms with Crippen molar-refractivity contribution in [2.45, 2.75) is 64.0 Å². The van der Waals surface area contributed by atoms with E-state index in [0.29, 0.717) is 32.4 Å². The molecule has 1 aliphatic carbocycles. The van der Waals surface area contributed by atoms with Crippen LogP contribution in [0.4, 0.5) is 0 Å². The van der Waals surface area contributed by atoms with Gasteiger partial charge in [-0.25, -0.2) is 0 Å². The number of carbonyl (C=O) groups is 2. The van der Waals surface area contributed by atoms with Crippen molar-refractivity contribution in [3.05, 3.63) is 119 Å². The molecule has 0 unspecified atom stereocenters. The van der Waals surface area contributed by atoms with Crippen LogP contribution in [0.5, 0.6) is 0 Å². The summed E-state index contributed by atoms with van der Waals surface area (Å²) in [4.78, 5) is 29.2. The van der Waals surface area contributed by atoms with Crippen molar-refractivity contribution in [3.8, 4) is 0 Å². The number of nitrogens with zero attached hydrogens (tertiary/aromatic N) is 1. The summed E-state index contributed by atoms with van der Waals surface area (Å²) in [6.07, 6.45) is 9.46. The van der Waals surface area contributed by atoms with E-state index in [-0.39, 0.29) is 11.8 Å². The summed E-state index contributed by atoms with van der Waals surface area (Å²) in [6.45, 7) is 1.01. The molecule has 37 heavy (non-hydrogen) atoms. The van der Waals surface area contributed by atoms with Crippen molar-refractivity contribution >= 4 is 11.8 Å². The highest BCUT2D eigenvalue weighted by atomic mass is 16.2. The van der Waals surface area contributed by atoms with Crippen LogP contribution >= 0.6 is 0 Å². The van der Waals surface area contributed by atoms with Gasteiger partial charge >= 0.3 is 0 Å². The minimum Gasteiger partial charge on any atom is -0.354 e. The van der Waals surface area contributed by atoms with Crippen LogP contribution in [0.3, 0.4) is 0 Å². The molecular weight excluding hydrogens is 456 g/mol. The lowest BCUT2D eigenvalue weighted by molar-refractivity contribution is -0.141. The van der Waals surface area contributed by atoms with E-state index in [1.54, 1.807) is 4.90 Å². The van der Waals surface area contributed by atoms with E-state index in [1.165, 1.54) is 18.4 Å². The summed E-state index contributed by atoms with van der Waals surface area (Å²) in [5.41, 5.74) is 4.63. The summed E-state index contributed by atoms with van der Waals surface area (Å²) in [5, 5.41) is 3.17. The molecule has 0 radical (unpaired) electrons. The van der Waals surface area contributed by atoms with Gasteiger partial charge < -0.3 is 10.2 Å². The van der Waals surface area contributed by atoms with Crippen LogP contribution in [0, 0.1) is 0 Å². The lowest BCUT2D eigenvalue weighted by atomic mass is 9.97. The number of hydrogen-bond donors (Lipinski definition) is 1. The van der Waals surface area contributed by atoms with Crippen LogP contribution in [-0.2, 0) is 29.0 Å². The van der Waals surface area contributed by atoms with Gasteiger partial charge in [-0.05, 0) is 55.2 Å². The Morgan fingerprint density at radius 2 is 1.38 bits per heavy atom. The molecular formula is C33H38N2O2. The minimum absolute atomic E-state index is 0.00113. The Kier molecular flexibility index (Phi) is 10.1. The van der Waals surface area contributed by atoms with Crippen molar-refractivity contribution in [3.63, 3.8) is 0 Å². The standard InChI is InChI=1S/C33H38N2O2/c36-32(22-21-27-13-5-1-6-14-27)35(26-30-19-11-4-12-20-30)31(25-29-17-9-3-10-18-29)33(37)34-24-23-28-15-7-2-8-16-28/h1,3-6,9-15,17-20,31H,2,7-8,16,21-26H2,(H,34,37)/t31-/m1/s1. The van der Waals surface area contributed by atoms with Gasteiger partial charge in [0, 0.05) is 25.9 Å². The van der Waals surface area contributed by atoms with Gasteiger partial charge in [-0.15, -0.1) is 0 Å². The van der Waals surface area contributed by atoms with Gasteiger partial charge in [0.15, 0.2) is 0 Å². The predicted molar refractivity (Wildman–Crippen MR) is 150 cm³/mol. The maximum absolute atomic E-state index is 13.7. The molecule has 4 heteroatoms. The molecule has 0 saturated carbocycles. The van der Waals surface area contributed by atoms with Gasteiger partial charge in [-0.2, -0.15) is 0 Å². The van der Waals surface area contributed by atoms with Crippen molar-refractivity contribution < 1.29 is 9.59 Å². The molecule has 0 aromatic heterocycles. The van der Waals surface area contributed by atoms with Crippen LogP contribution in [-0.4, -0.2) is 29.3 Å². The van der Waals surface area contributed by atoms with Crippen LogP contribution in [0.15, 0.2) is 103 Å². The number of carbonyl (C=O) groups excluding carboxylic acids is 2. The molecule has 4 nitrogen and oxygen atoms in total. The molecule has 3 aromatic rings. The van der Waals surface area contributed by atoms with Gasteiger partial charge in [0.05, 0.1) is 0 Å². The summed E-state index contributed by atoms with van der Waals surface area (Å²) < 4.78 is 0. The normalized spacial score (nSPS) is 13.9. The van der Waals surface area contributed by atoms with E-state index in [0.717, 1.165) is 36.0 Å². The second-order valence-corrected chi connectivity index (χ2v) is 9.85. The number of hydrogen-bond acceptors (Lipinski definition) is 2. The van der Waals surface area contributed by atoms with Crippen LogP contribution in [0.1, 0.15) is 55.2 Å². The van der Waals surface area contributed by atoms with Crippen molar-refractivity contribution in [1.82, 2.24) is 10.2 Å². The molecule has 0 heterocycles. The van der Waals surface area contributed by atoms with E-state index in [2.05, 4.69) is 11.4 Å². The predicted octanol–water partition coefficient (Wildman–Crippen LogP) is 6.27. The fourth-order valence-corrected chi connectivity index (χ4v) is 4.97. The number of nitrogens with one attached hydrogen (secondary N) is 1. The van der Waals surface area contributed by atoms with E-state index in [9.17, 15) is 9.59 Å². The second kappa shape index (κ2) is 14.2. The van der Waals surface area contributed by atoms with Crippen LogP contribution in [0.2, 0.25) is 0 Å². The van der Waals surface area contributed by atoms with E-state index in [1.807, 2.05) is 91.0 Å². The SMILES string of the molecule is O=C(NCCC1=CCCCC1)[C@@H](Cc1ccccc1)N(Cc1ccccc1)C(=O)CCc1ccccc1. The third-order valence-electron chi connectivity index (χ3n) is 7.07. The number of amides is 2. The highest BCUT2D eigenvalue weighted by Crippen LogP contribution is 2.20. The first-order valence-corrected chi connectivity index (χ1v) is 13.6. The van der Waals surface area contributed by atoms with Gasteiger partial charge in [-0.3, -0.25) is 9.59 Å². The molecule has 0 bridgehead atoms. The summed E-state index contributed by atoms with van der Waals surface area (Å²) in [7, 11) is 0. The van der Waals surface area contributed by atoms with Crippen LogP contribution in [0.25, 0.3) is 0 Å². The zero-order valence-corrected chi connectivity index (χ0v) is 21.6. The van der Waals surface area contributed by atoms with E-state index in [4.69, 9.17) is 0 Å². The average molecular weight is 495 g/mol. The Balaban J connectivity index is 1.53. The summed E-state index contributed by atoms with van der Waals surface area (Å²) in [5.74, 6) is -0.0805. The molecule has 3 aromatic carbocycles. The smallest absolute Gasteiger partial charge is 0.243 e. The zero-order valence-electron chi connectivity index (χ0n) is 21.6. The number of allylic oxidation sites excluding steroid dienone is 1. The largest absolute Gasteiger partial charge is 0.354 e.